The van der Waals surface area contributed by atoms with Crippen molar-refractivity contribution >= 4 is 29.1 Å². The van der Waals surface area contributed by atoms with Crippen molar-refractivity contribution in [3.05, 3.63) is 64.2 Å². The Morgan fingerprint density at radius 3 is 2.40 bits per heavy atom. The Balaban J connectivity index is 1.86. The van der Waals surface area contributed by atoms with Gasteiger partial charge in [-0.05, 0) is 41.7 Å². The van der Waals surface area contributed by atoms with Crippen LogP contribution in [0.2, 0.25) is 10.0 Å². The number of benzene rings is 2. The van der Waals surface area contributed by atoms with Gasteiger partial charge in [-0.3, -0.25) is 4.79 Å². The first-order valence-corrected chi connectivity index (χ1v) is 11.2. The van der Waals surface area contributed by atoms with Gasteiger partial charge in [-0.2, -0.15) is 0 Å². The van der Waals surface area contributed by atoms with Crippen LogP contribution in [-0.2, 0) is 6.54 Å². The zero-order chi connectivity index (χ0) is 26.0. The van der Waals surface area contributed by atoms with Gasteiger partial charge in [-0.25, -0.2) is 9.67 Å². The molecule has 0 radical (unpaired) electrons. The van der Waals surface area contributed by atoms with Gasteiger partial charge in [0.2, 0.25) is 5.82 Å². The molecule has 0 spiro atoms. The Morgan fingerprint density at radius 2 is 1.80 bits per heavy atom. The average molecular weight is 531 g/mol. The molecular weight excluding hydrogens is 508 g/mol. The highest BCUT2D eigenvalue weighted by Gasteiger charge is 2.31. The van der Waals surface area contributed by atoms with Gasteiger partial charge in [-0.15, -0.1) is 18.3 Å². The van der Waals surface area contributed by atoms with Crippen molar-refractivity contribution < 1.29 is 27.8 Å². The summed E-state index contributed by atoms with van der Waals surface area (Å²) in [5, 5.41) is 14.0. The van der Waals surface area contributed by atoms with Crippen LogP contribution in [0.4, 0.5) is 13.2 Å². The Morgan fingerprint density at radius 1 is 1.14 bits per heavy atom. The molecule has 1 N–H and O–H groups in total. The number of nitrogens with zero attached hydrogens (tertiary/aromatic N) is 4. The number of hydrogen-bond donors (Lipinski definition) is 1. The predicted molar refractivity (Wildman–Crippen MR) is 125 cm³/mol. The summed E-state index contributed by atoms with van der Waals surface area (Å²) < 4.78 is 43.1. The van der Waals surface area contributed by atoms with E-state index < -0.39 is 12.3 Å². The quantitative estimate of drug-likeness (QED) is 0.390. The SMILES string of the molecule is CC(C)(C)CCN(Cc1cccc(OC(F)(F)F)c1)C(=O)c1ncn(-c2cc(Cl)c(O)c(Cl)c2)n1. The molecule has 1 aromatic heterocycles. The zero-order valence-electron chi connectivity index (χ0n) is 19.1. The summed E-state index contributed by atoms with van der Waals surface area (Å²) in [4.78, 5) is 18.8. The van der Waals surface area contributed by atoms with E-state index in [-0.39, 0.29) is 39.3 Å². The lowest BCUT2D eigenvalue weighted by molar-refractivity contribution is -0.274. The van der Waals surface area contributed by atoms with Crippen molar-refractivity contribution in [2.75, 3.05) is 6.54 Å². The van der Waals surface area contributed by atoms with E-state index in [0.717, 1.165) is 0 Å². The largest absolute Gasteiger partial charge is 0.573 e. The lowest BCUT2D eigenvalue weighted by Crippen LogP contribution is -2.34. The van der Waals surface area contributed by atoms with Gasteiger partial charge in [-0.1, -0.05) is 56.1 Å². The molecule has 2 aromatic carbocycles. The van der Waals surface area contributed by atoms with Gasteiger partial charge in [0.25, 0.3) is 5.91 Å². The van der Waals surface area contributed by atoms with E-state index in [2.05, 4.69) is 14.8 Å². The molecule has 0 aliphatic carbocycles. The van der Waals surface area contributed by atoms with E-state index in [1.807, 2.05) is 20.8 Å². The third-order valence-electron chi connectivity index (χ3n) is 4.87. The van der Waals surface area contributed by atoms with E-state index in [1.165, 1.54) is 46.2 Å². The summed E-state index contributed by atoms with van der Waals surface area (Å²) in [5.41, 5.74) is 0.722. The second-order valence-corrected chi connectivity index (χ2v) is 9.82. The van der Waals surface area contributed by atoms with Crippen LogP contribution in [0.5, 0.6) is 11.5 Å². The van der Waals surface area contributed by atoms with Crippen molar-refractivity contribution in [2.24, 2.45) is 5.41 Å². The maximum absolute atomic E-state index is 13.3. The van der Waals surface area contributed by atoms with Crippen molar-refractivity contribution in [2.45, 2.75) is 40.1 Å². The number of ether oxygens (including phenoxy) is 1. The fourth-order valence-electron chi connectivity index (χ4n) is 3.10. The van der Waals surface area contributed by atoms with Crippen LogP contribution < -0.4 is 4.74 Å². The number of amides is 1. The number of phenolic OH excluding ortho intramolecular Hbond substituents is 1. The lowest BCUT2D eigenvalue weighted by Gasteiger charge is -2.26. The summed E-state index contributed by atoms with van der Waals surface area (Å²) in [5.74, 6) is -1.28. The highest BCUT2D eigenvalue weighted by atomic mass is 35.5. The number of rotatable bonds is 7. The molecule has 0 fully saturated rings. The summed E-state index contributed by atoms with van der Waals surface area (Å²) >= 11 is 11.9. The van der Waals surface area contributed by atoms with E-state index in [1.54, 1.807) is 6.07 Å². The second-order valence-electron chi connectivity index (χ2n) is 9.00. The number of halogens is 5. The summed E-state index contributed by atoms with van der Waals surface area (Å²) in [6, 6.07) is 8.28. The first-order valence-electron chi connectivity index (χ1n) is 10.5. The fourth-order valence-corrected chi connectivity index (χ4v) is 3.57. The first-order chi connectivity index (χ1) is 16.2. The molecule has 35 heavy (non-hydrogen) atoms. The number of carbonyl (C=O) groups is 1. The zero-order valence-corrected chi connectivity index (χ0v) is 20.6. The standard InChI is InChI=1S/C23H23Cl2F3N4O3/c1-22(2,3)7-8-31(12-14-5-4-6-16(9-14)35-23(26,27)28)21(34)20-29-13-32(30-20)15-10-17(24)19(33)18(25)11-15/h4-6,9-11,13,33H,7-8,12H2,1-3H3. The van der Waals surface area contributed by atoms with Gasteiger partial charge >= 0.3 is 6.36 Å². The highest BCUT2D eigenvalue weighted by Crippen LogP contribution is 2.33. The number of hydrogen-bond acceptors (Lipinski definition) is 5. The Hall–Kier alpha value is -2.98. The van der Waals surface area contributed by atoms with Crippen molar-refractivity contribution in [1.29, 1.82) is 0 Å². The van der Waals surface area contributed by atoms with Crippen LogP contribution in [0.1, 0.15) is 43.4 Å². The Bertz CT molecular complexity index is 1190. The second kappa shape index (κ2) is 10.3. The molecule has 1 amide bonds. The van der Waals surface area contributed by atoms with Gasteiger partial charge in [0, 0.05) is 13.1 Å². The monoisotopic (exact) mass is 530 g/mol. The third kappa shape index (κ3) is 7.50. The number of alkyl halides is 3. The van der Waals surface area contributed by atoms with Crippen LogP contribution in [0.25, 0.3) is 5.69 Å². The summed E-state index contributed by atoms with van der Waals surface area (Å²) in [6.07, 6.45) is -2.90. The van der Waals surface area contributed by atoms with Crippen LogP contribution in [0.15, 0.2) is 42.7 Å². The molecule has 7 nitrogen and oxygen atoms in total. The minimum absolute atomic E-state index is 0.00337. The molecule has 0 aliphatic heterocycles. The van der Waals surface area contributed by atoms with E-state index >= 15 is 0 Å². The summed E-state index contributed by atoms with van der Waals surface area (Å²) in [6.45, 7) is 6.38. The lowest BCUT2D eigenvalue weighted by atomic mass is 9.92. The fraction of sp³-hybridized carbons (Fsp3) is 0.348. The molecule has 1 heterocycles. The van der Waals surface area contributed by atoms with Crippen LogP contribution in [0, 0.1) is 5.41 Å². The first kappa shape index (κ1) is 26.6. The normalized spacial score (nSPS) is 12.0. The molecule has 12 heteroatoms. The molecule has 0 saturated heterocycles. The molecule has 0 unspecified atom stereocenters. The number of aromatic hydroxyl groups is 1. The number of aromatic nitrogens is 3. The average Bonchev–Trinajstić information content (AvgIpc) is 3.23. The molecule has 3 aromatic rings. The maximum atomic E-state index is 13.3. The van der Waals surface area contributed by atoms with Crippen LogP contribution >= 0.6 is 23.2 Å². The highest BCUT2D eigenvalue weighted by molar-refractivity contribution is 6.37. The van der Waals surface area contributed by atoms with E-state index in [9.17, 15) is 23.1 Å². The predicted octanol–water partition coefficient (Wildman–Crippen LogP) is 6.26. The van der Waals surface area contributed by atoms with Crippen LogP contribution in [-0.4, -0.2) is 43.6 Å². The number of phenols is 1. The molecule has 188 valence electrons. The van der Waals surface area contributed by atoms with E-state index in [4.69, 9.17) is 23.2 Å². The van der Waals surface area contributed by atoms with Gasteiger partial charge in [0.15, 0.2) is 5.75 Å². The van der Waals surface area contributed by atoms with E-state index in [0.29, 0.717) is 24.2 Å². The Kier molecular flexibility index (Phi) is 7.86. The van der Waals surface area contributed by atoms with Crippen molar-refractivity contribution in [3.8, 4) is 17.2 Å². The Labute approximate surface area is 210 Å². The minimum atomic E-state index is -4.82. The smallest absolute Gasteiger partial charge is 0.505 e. The number of carbonyl (C=O) groups excluding carboxylic acids is 1. The minimum Gasteiger partial charge on any atom is -0.505 e. The molecule has 3 rings (SSSR count). The molecular formula is C23H23Cl2F3N4O3. The molecule has 0 atom stereocenters. The molecule has 0 aliphatic rings. The van der Waals surface area contributed by atoms with Crippen LogP contribution in [0.3, 0.4) is 0 Å². The third-order valence-corrected chi connectivity index (χ3v) is 5.45. The maximum Gasteiger partial charge on any atom is 0.573 e. The van der Waals surface area contributed by atoms with Gasteiger partial charge < -0.3 is 14.7 Å². The topological polar surface area (TPSA) is 80.5 Å². The molecule has 0 bridgehead atoms. The van der Waals surface area contributed by atoms with Gasteiger partial charge in [0.1, 0.15) is 12.1 Å². The van der Waals surface area contributed by atoms with Gasteiger partial charge in [0.05, 0.1) is 15.7 Å². The summed E-state index contributed by atoms with van der Waals surface area (Å²) in [7, 11) is 0. The van der Waals surface area contributed by atoms with Crippen molar-refractivity contribution in [3.63, 3.8) is 0 Å². The molecule has 0 saturated carbocycles. The van der Waals surface area contributed by atoms with Crippen molar-refractivity contribution in [1.82, 2.24) is 19.7 Å².